The molecule has 1 aromatic carbocycles. The maximum absolute atomic E-state index is 12.9. The summed E-state index contributed by atoms with van der Waals surface area (Å²) in [5, 5.41) is 0. The van der Waals surface area contributed by atoms with Gasteiger partial charge in [-0.1, -0.05) is 0 Å². The number of rotatable bonds is 3. The van der Waals surface area contributed by atoms with E-state index in [2.05, 4.69) is 4.74 Å². The minimum atomic E-state index is -1.17. The average molecular weight is 228 g/mol. The number of halogens is 2. The van der Waals surface area contributed by atoms with Gasteiger partial charge < -0.3 is 4.74 Å². The Morgan fingerprint density at radius 3 is 2.38 bits per heavy atom. The summed E-state index contributed by atoms with van der Waals surface area (Å²) in [6.07, 6.45) is 0. The molecule has 0 spiro atoms. The van der Waals surface area contributed by atoms with Crippen molar-refractivity contribution < 1.29 is 23.1 Å². The molecule has 86 valence electrons. The van der Waals surface area contributed by atoms with E-state index in [1.807, 2.05) is 0 Å². The fourth-order valence-electron chi connectivity index (χ4n) is 1.20. The SMILES string of the molecule is CCOC(=O)C(=O)c1cc(F)c(F)cc1C. The van der Waals surface area contributed by atoms with Crippen molar-refractivity contribution in [3.63, 3.8) is 0 Å². The molecule has 16 heavy (non-hydrogen) atoms. The summed E-state index contributed by atoms with van der Waals surface area (Å²) in [4.78, 5) is 22.6. The van der Waals surface area contributed by atoms with Gasteiger partial charge in [0, 0.05) is 5.56 Å². The van der Waals surface area contributed by atoms with Crippen LogP contribution in [0.4, 0.5) is 8.78 Å². The normalized spacial score (nSPS) is 10.0. The predicted molar refractivity (Wildman–Crippen MR) is 52.1 cm³/mol. The molecule has 1 rings (SSSR count). The maximum atomic E-state index is 12.9. The van der Waals surface area contributed by atoms with Crippen LogP contribution < -0.4 is 0 Å². The number of Topliss-reactive ketones (excluding diaryl/α,β-unsaturated/α-hetero) is 1. The first kappa shape index (κ1) is 12.3. The third-order valence-electron chi connectivity index (χ3n) is 1.97. The summed E-state index contributed by atoms with van der Waals surface area (Å²) in [6, 6.07) is 1.56. The van der Waals surface area contributed by atoms with Gasteiger partial charge in [-0.05, 0) is 31.5 Å². The molecular formula is C11H10F2O3. The van der Waals surface area contributed by atoms with Crippen LogP contribution in [0.5, 0.6) is 0 Å². The van der Waals surface area contributed by atoms with Gasteiger partial charge in [-0.15, -0.1) is 0 Å². The van der Waals surface area contributed by atoms with Gasteiger partial charge in [0.25, 0.3) is 5.78 Å². The van der Waals surface area contributed by atoms with E-state index >= 15 is 0 Å². The van der Waals surface area contributed by atoms with Crippen LogP contribution >= 0.6 is 0 Å². The minimum Gasteiger partial charge on any atom is -0.460 e. The summed E-state index contributed by atoms with van der Waals surface area (Å²) in [5.41, 5.74) is 0.00861. The zero-order chi connectivity index (χ0) is 12.3. The number of ether oxygens (including phenoxy) is 1. The summed E-state index contributed by atoms with van der Waals surface area (Å²) in [6.45, 7) is 3.01. The van der Waals surface area contributed by atoms with Crippen molar-refractivity contribution in [3.05, 3.63) is 34.9 Å². The molecule has 0 aliphatic carbocycles. The molecule has 0 bridgehead atoms. The van der Waals surface area contributed by atoms with Crippen molar-refractivity contribution in [2.75, 3.05) is 6.61 Å². The molecule has 0 atom stereocenters. The molecule has 0 saturated carbocycles. The monoisotopic (exact) mass is 228 g/mol. The Morgan fingerprint density at radius 2 is 1.81 bits per heavy atom. The number of benzene rings is 1. The van der Waals surface area contributed by atoms with Crippen LogP contribution in [0.15, 0.2) is 12.1 Å². The van der Waals surface area contributed by atoms with Crippen LogP contribution in [-0.2, 0) is 9.53 Å². The third kappa shape index (κ3) is 2.42. The van der Waals surface area contributed by atoms with Crippen LogP contribution in [0, 0.1) is 18.6 Å². The lowest BCUT2D eigenvalue weighted by atomic mass is 10.0. The largest absolute Gasteiger partial charge is 0.460 e. The molecule has 1 aromatic rings. The zero-order valence-corrected chi connectivity index (χ0v) is 8.84. The Kier molecular flexibility index (Phi) is 3.71. The van der Waals surface area contributed by atoms with Crippen molar-refractivity contribution in [3.8, 4) is 0 Å². The van der Waals surface area contributed by atoms with E-state index in [4.69, 9.17) is 0 Å². The topological polar surface area (TPSA) is 43.4 Å². The molecular weight excluding hydrogens is 218 g/mol. The molecule has 0 saturated heterocycles. The molecule has 0 aliphatic heterocycles. The Hall–Kier alpha value is -1.78. The van der Waals surface area contributed by atoms with Crippen LogP contribution in [0.1, 0.15) is 22.8 Å². The lowest BCUT2D eigenvalue weighted by Gasteiger charge is -2.05. The Balaban J connectivity index is 3.09. The zero-order valence-electron chi connectivity index (χ0n) is 8.84. The van der Waals surface area contributed by atoms with Crippen LogP contribution in [-0.4, -0.2) is 18.4 Å². The molecule has 3 nitrogen and oxygen atoms in total. The highest BCUT2D eigenvalue weighted by atomic mass is 19.2. The fourth-order valence-corrected chi connectivity index (χ4v) is 1.20. The highest BCUT2D eigenvalue weighted by Crippen LogP contribution is 2.15. The second-order valence-corrected chi connectivity index (χ2v) is 3.13. The number of carbonyl (C=O) groups excluding carboxylic acids is 2. The van der Waals surface area contributed by atoms with Gasteiger partial charge in [0.2, 0.25) is 0 Å². The maximum Gasteiger partial charge on any atom is 0.379 e. The number of aryl methyl sites for hydroxylation is 1. The Morgan fingerprint density at radius 1 is 1.25 bits per heavy atom. The summed E-state index contributed by atoms with van der Waals surface area (Å²) >= 11 is 0. The van der Waals surface area contributed by atoms with Gasteiger partial charge in [-0.25, -0.2) is 13.6 Å². The van der Waals surface area contributed by atoms with E-state index in [0.717, 1.165) is 6.07 Å². The quantitative estimate of drug-likeness (QED) is 0.451. The fraction of sp³-hybridized carbons (Fsp3) is 0.273. The van der Waals surface area contributed by atoms with E-state index in [-0.39, 0.29) is 17.7 Å². The molecule has 0 unspecified atom stereocenters. The van der Waals surface area contributed by atoms with Gasteiger partial charge in [-0.3, -0.25) is 4.79 Å². The van der Waals surface area contributed by atoms with E-state index in [0.29, 0.717) is 6.07 Å². The average Bonchev–Trinajstić information content (AvgIpc) is 2.23. The number of hydrogen-bond donors (Lipinski definition) is 0. The van der Waals surface area contributed by atoms with Gasteiger partial charge in [0.15, 0.2) is 11.6 Å². The van der Waals surface area contributed by atoms with Crippen molar-refractivity contribution in [2.24, 2.45) is 0 Å². The standard InChI is InChI=1S/C11H10F2O3/c1-3-16-11(15)10(14)7-5-9(13)8(12)4-6(7)2/h4-5H,3H2,1-2H3. The first-order valence-corrected chi connectivity index (χ1v) is 4.64. The van der Waals surface area contributed by atoms with Gasteiger partial charge in [0.1, 0.15) is 0 Å². The third-order valence-corrected chi connectivity index (χ3v) is 1.97. The number of esters is 1. The van der Waals surface area contributed by atoms with E-state index in [1.54, 1.807) is 6.92 Å². The van der Waals surface area contributed by atoms with Crippen molar-refractivity contribution in [1.29, 1.82) is 0 Å². The first-order chi connectivity index (χ1) is 7.47. The predicted octanol–water partition coefficient (Wildman–Crippen LogP) is 2.02. The highest BCUT2D eigenvalue weighted by Gasteiger charge is 2.21. The van der Waals surface area contributed by atoms with Crippen LogP contribution in [0.2, 0.25) is 0 Å². The summed E-state index contributed by atoms with van der Waals surface area (Å²) in [7, 11) is 0. The molecule has 0 N–H and O–H groups in total. The lowest BCUT2D eigenvalue weighted by molar-refractivity contribution is -0.137. The van der Waals surface area contributed by atoms with Gasteiger partial charge in [-0.2, -0.15) is 0 Å². The van der Waals surface area contributed by atoms with Crippen molar-refractivity contribution >= 4 is 11.8 Å². The van der Waals surface area contributed by atoms with E-state index < -0.39 is 23.4 Å². The van der Waals surface area contributed by atoms with E-state index in [9.17, 15) is 18.4 Å². The van der Waals surface area contributed by atoms with Crippen molar-refractivity contribution in [2.45, 2.75) is 13.8 Å². The minimum absolute atomic E-state index is 0.0489. The smallest absolute Gasteiger partial charge is 0.379 e. The van der Waals surface area contributed by atoms with Crippen LogP contribution in [0.25, 0.3) is 0 Å². The highest BCUT2D eigenvalue weighted by molar-refractivity contribution is 6.41. The van der Waals surface area contributed by atoms with Crippen molar-refractivity contribution in [1.82, 2.24) is 0 Å². The molecule has 5 heteroatoms. The van der Waals surface area contributed by atoms with Gasteiger partial charge in [0.05, 0.1) is 6.61 Å². The lowest BCUT2D eigenvalue weighted by Crippen LogP contribution is -2.19. The number of hydrogen-bond acceptors (Lipinski definition) is 3. The molecule has 0 radical (unpaired) electrons. The Bertz CT molecular complexity index is 441. The molecule has 0 aromatic heterocycles. The first-order valence-electron chi connectivity index (χ1n) is 4.64. The molecule has 0 fully saturated rings. The summed E-state index contributed by atoms with van der Waals surface area (Å²) in [5.74, 6) is -4.27. The second kappa shape index (κ2) is 4.83. The molecule has 0 amide bonds. The second-order valence-electron chi connectivity index (χ2n) is 3.13. The van der Waals surface area contributed by atoms with Gasteiger partial charge >= 0.3 is 5.97 Å². The van der Waals surface area contributed by atoms with Crippen LogP contribution in [0.3, 0.4) is 0 Å². The molecule has 0 aliphatic rings. The molecule has 0 heterocycles. The summed E-state index contributed by atoms with van der Waals surface area (Å²) < 4.78 is 30.1. The number of carbonyl (C=O) groups is 2. The van der Waals surface area contributed by atoms with E-state index in [1.165, 1.54) is 6.92 Å². The Labute approximate surface area is 91.0 Å². The number of ketones is 1.